The van der Waals surface area contributed by atoms with Crippen molar-refractivity contribution in [1.82, 2.24) is 4.57 Å². The van der Waals surface area contributed by atoms with E-state index in [0.717, 1.165) is 11.4 Å². The first-order chi connectivity index (χ1) is 22.5. The Balaban J connectivity index is 1.42. The molecule has 0 unspecified atom stereocenters. The predicted molar refractivity (Wildman–Crippen MR) is 199 cm³/mol. The van der Waals surface area contributed by atoms with Crippen molar-refractivity contribution in [3.05, 3.63) is 150 Å². The molecule has 2 aliphatic heterocycles. The molecule has 8 aromatic rings. The molecule has 2 aromatic heterocycles. The first-order valence-electron chi connectivity index (χ1n) is 16.2. The minimum absolute atomic E-state index is 0.0971. The SMILES string of the molecule is Cc1cc2c3c(c1)C(C)(C)c1ccccc1B3c1ccc(N(c3ccccc3)c3ccccc3)c3c4sc5ccccc5c4n-2c13. The molecule has 4 heteroatoms. The van der Waals surface area contributed by atoms with Gasteiger partial charge in [0.25, 0.3) is 0 Å². The minimum atomic E-state index is -0.0971. The number of thiophene rings is 1. The third-order valence-corrected chi connectivity index (χ3v) is 11.6. The fourth-order valence-corrected chi connectivity index (χ4v) is 9.81. The Morgan fingerprint density at radius 3 is 2.09 bits per heavy atom. The van der Waals surface area contributed by atoms with Gasteiger partial charge in [-0.1, -0.05) is 110 Å². The van der Waals surface area contributed by atoms with Gasteiger partial charge in [-0.3, -0.25) is 0 Å². The van der Waals surface area contributed by atoms with E-state index in [1.807, 2.05) is 11.3 Å². The summed E-state index contributed by atoms with van der Waals surface area (Å²) in [4.78, 5) is 2.45. The average molecular weight is 607 g/mol. The molecule has 0 fully saturated rings. The topological polar surface area (TPSA) is 8.17 Å². The first-order valence-corrected chi connectivity index (χ1v) is 17.0. The summed E-state index contributed by atoms with van der Waals surface area (Å²) in [6.45, 7) is 7.27. The number of benzene rings is 6. The van der Waals surface area contributed by atoms with Gasteiger partial charge in [-0.15, -0.1) is 11.3 Å². The van der Waals surface area contributed by atoms with E-state index in [1.54, 1.807) is 0 Å². The van der Waals surface area contributed by atoms with Crippen LogP contribution in [0, 0.1) is 6.92 Å². The van der Waals surface area contributed by atoms with Crippen LogP contribution >= 0.6 is 11.3 Å². The number of aromatic nitrogens is 1. The number of hydrogen-bond donors (Lipinski definition) is 0. The molecule has 2 nitrogen and oxygen atoms in total. The summed E-state index contributed by atoms with van der Waals surface area (Å²) in [5.41, 5.74) is 15.9. The van der Waals surface area contributed by atoms with Gasteiger partial charge >= 0.3 is 0 Å². The van der Waals surface area contributed by atoms with Crippen LogP contribution in [-0.4, -0.2) is 11.3 Å². The molecule has 46 heavy (non-hydrogen) atoms. The summed E-state index contributed by atoms with van der Waals surface area (Å²) >= 11 is 1.93. The summed E-state index contributed by atoms with van der Waals surface area (Å²) < 4.78 is 5.32. The van der Waals surface area contributed by atoms with Crippen LogP contribution < -0.4 is 21.3 Å². The summed E-state index contributed by atoms with van der Waals surface area (Å²) in [6.07, 6.45) is 0. The first kappa shape index (κ1) is 26.2. The van der Waals surface area contributed by atoms with Gasteiger partial charge in [0.2, 0.25) is 6.71 Å². The van der Waals surface area contributed by atoms with Crippen LogP contribution in [0.4, 0.5) is 17.1 Å². The van der Waals surface area contributed by atoms with E-state index in [-0.39, 0.29) is 12.1 Å². The van der Waals surface area contributed by atoms with Gasteiger partial charge in [0, 0.05) is 37.9 Å². The molecule has 0 radical (unpaired) electrons. The maximum absolute atomic E-state index is 2.64. The van der Waals surface area contributed by atoms with Crippen LogP contribution in [0.25, 0.3) is 36.9 Å². The number of para-hydroxylation sites is 2. The second-order valence-electron chi connectivity index (χ2n) is 13.4. The van der Waals surface area contributed by atoms with Crippen LogP contribution in [0.3, 0.4) is 0 Å². The van der Waals surface area contributed by atoms with Gasteiger partial charge in [0.15, 0.2) is 0 Å². The highest BCUT2D eigenvalue weighted by Crippen LogP contribution is 2.49. The quantitative estimate of drug-likeness (QED) is 0.182. The minimum Gasteiger partial charge on any atom is -0.310 e. The van der Waals surface area contributed by atoms with E-state index >= 15 is 0 Å². The smallest absolute Gasteiger partial charge is 0.247 e. The number of anilines is 3. The molecule has 0 N–H and O–H groups in total. The van der Waals surface area contributed by atoms with E-state index in [9.17, 15) is 0 Å². The molecule has 218 valence electrons. The van der Waals surface area contributed by atoms with Gasteiger partial charge in [0.05, 0.1) is 21.4 Å². The largest absolute Gasteiger partial charge is 0.310 e. The van der Waals surface area contributed by atoms with Crippen LogP contribution in [0.5, 0.6) is 0 Å². The standard InChI is InChI=1S/C42H31BN2S/c1-26-24-31-38-35(25-26)45-39-29-18-10-13-21-36(29)46-41(39)37-34(44(27-14-6-4-7-15-27)28-16-8-5-9-17-28)23-22-33(40(37)45)43(38)32-20-12-11-19-30(32)42(31,2)3/h4-25H,1-3H3. The van der Waals surface area contributed by atoms with Gasteiger partial charge in [0.1, 0.15) is 0 Å². The molecule has 0 saturated heterocycles. The fraction of sp³-hybridized carbons (Fsp3) is 0.0952. The summed E-state index contributed by atoms with van der Waals surface area (Å²) in [6, 6.07) is 49.5. The predicted octanol–water partition coefficient (Wildman–Crippen LogP) is 9.25. The second-order valence-corrected chi connectivity index (χ2v) is 14.5. The maximum Gasteiger partial charge on any atom is 0.247 e. The normalized spacial score (nSPS) is 14.1. The Morgan fingerprint density at radius 2 is 1.33 bits per heavy atom. The summed E-state index contributed by atoms with van der Waals surface area (Å²) in [5.74, 6) is 0. The fourth-order valence-electron chi connectivity index (χ4n) is 8.56. The van der Waals surface area contributed by atoms with Gasteiger partial charge in [-0.05, 0) is 77.0 Å². The Hall–Kier alpha value is -5.06. The molecule has 4 heterocycles. The van der Waals surface area contributed by atoms with E-state index in [0.29, 0.717) is 0 Å². The van der Waals surface area contributed by atoms with Crippen LogP contribution in [-0.2, 0) is 5.41 Å². The molecule has 0 spiro atoms. The zero-order valence-electron chi connectivity index (χ0n) is 26.1. The summed E-state index contributed by atoms with van der Waals surface area (Å²) in [5, 5.41) is 2.66. The van der Waals surface area contributed by atoms with Crippen molar-refractivity contribution >= 4 is 82.7 Å². The van der Waals surface area contributed by atoms with Crippen molar-refractivity contribution in [2.75, 3.05) is 4.90 Å². The van der Waals surface area contributed by atoms with Crippen molar-refractivity contribution in [3.8, 4) is 5.69 Å². The van der Waals surface area contributed by atoms with Crippen molar-refractivity contribution in [2.24, 2.45) is 0 Å². The lowest BCUT2D eigenvalue weighted by atomic mass is 9.30. The zero-order chi connectivity index (χ0) is 30.7. The third kappa shape index (κ3) is 3.32. The zero-order valence-corrected chi connectivity index (χ0v) is 26.9. The number of rotatable bonds is 3. The molecule has 0 saturated carbocycles. The number of fused-ring (bicyclic) bond motifs is 9. The highest BCUT2D eigenvalue weighted by atomic mass is 32.1. The van der Waals surface area contributed by atoms with Gasteiger partial charge < -0.3 is 9.47 Å². The Bertz CT molecular complexity index is 2480. The van der Waals surface area contributed by atoms with Crippen LogP contribution in [0.15, 0.2) is 133 Å². The molecule has 0 bridgehead atoms. The van der Waals surface area contributed by atoms with Crippen molar-refractivity contribution in [2.45, 2.75) is 26.2 Å². The molecule has 6 aromatic carbocycles. The van der Waals surface area contributed by atoms with E-state index in [4.69, 9.17) is 0 Å². The van der Waals surface area contributed by atoms with Crippen LogP contribution in [0.1, 0.15) is 30.5 Å². The molecule has 2 aliphatic rings. The Labute approximate surface area is 273 Å². The molecular weight excluding hydrogens is 575 g/mol. The highest BCUT2D eigenvalue weighted by molar-refractivity contribution is 7.27. The lowest BCUT2D eigenvalue weighted by Crippen LogP contribution is -2.63. The Kier molecular flexibility index (Phi) is 5.26. The lowest BCUT2D eigenvalue weighted by molar-refractivity contribution is 0.645. The Morgan fingerprint density at radius 1 is 0.652 bits per heavy atom. The molecule has 0 atom stereocenters. The van der Waals surface area contributed by atoms with Crippen molar-refractivity contribution in [3.63, 3.8) is 0 Å². The third-order valence-electron chi connectivity index (χ3n) is 10.5. The van der Waals surface area contributed by atoms with Gasteiger partial charge in [-0.25, -0.2) is 0 Å². The molecular formula is C42H31BN2S. The molecule has 10 rings (SSSR count). The summed E-state index contributed by atoms with van der Waals surface area (Å²) in [7, 11) is 0. The van der Waals surface area contributed by atoms with Crippen LogP contribution in [0.2, 0.25) is 0 Å². The number of nitrogens with zero attached hydrogens (tertiary/aromatic N) is 2. The monoisotopic (exact) mass is 606 g/mol. The van der Waals surface area contributed by atoms with Crippen molar-refractivity contribution in [1.29, 1.82) is 0 Å². The van der Waals surface area contributed by atoms with E-state index < -0.39 is 0 Å². The second kappa shape index (κ2) is 9.25. The van der Waals surface area contributed by atoms with E-state index in [2.05, 4.69) is 164 Å². The maximum atomic E-state index is 2.64. The van der Waals surface area contributed by atoms with E-state index in [1.165, 1.54) is 75.7 Å². The number of aryl methyl sites for hydroxylation is 1. The lowest BCUT2D eigenvalue weighted by Gasteiger charge is -2.42. The molecule has 0 aliphatic carbocycles. The van der Waals surface area contributed by atoms with Gasteiger partial charge in [-0.2, -0.15) is 0 Å². The molecule has 0 amide bonds. The van der Waals surface area contributed by atoms with Crippen molar-refractivity contribution < 1.29 is 0 Å². The highest BCUT2D eigenvalue weighted by Gasteiger charge is 2.45. The number of hydrogen-bond acceptors (Lipinski definition) is 2. The average Bonchev–Trinajstić information content (AvgIpc) is 3.62.